The highest BCUT2D eigenvalue weighted by Gasteiger charge is 2.44. The Morgan fingerprint density at radius 3 is 2.41 bits per heavy atom. The monoisotopic (exact) mass is 274 g/mol. The van der Waals surface area contributed by atoms with E-state index < -0.39 is 21.6 Å². The van der Waals surface area contributed by atoms with Crippen LogP contribution >= 0.6 is 11.8 Å². The van der Waals surface area contributed by atoms with Crippen LogP contribution in [0.4, 0.5) is 5.69 Å². The van der Waals surface area contributed by atoms with Crippen LogP contribution in [-0.4, -0.2) is 28.6 Å². The first-order chi connectivity index (χ1) is 7.88. The summed E-state index contributed by atoms with van der Waals surface area (Å²) in [6.07, 6.45) is 0.0921. The predicted octanol–water partition coefficient (Wildman–Crippen LogP) is 0.722. The number of thioether (sulfide) groups is 1. The summed E-state index contributed by atoms with van der Waals surface area (Å²) in [7, 11) is -4.45. The van der Waals surface area contributed by atoms with Gasteiger partial charge in [0.15, 0.2) is 0 Å². The summed E-state index contributed by atoms with van der Waals surface area (Å²) in [5.41, 5.74) is 6.12. The van der Waals surface area contributed by atoms with Crippen molar-refractivity contribution < 1.29 is 17.8 Å². The van der Waals surface area contributed by atoms with Gasteiger partial charge in [-0.25, -0.2) is 4.31 Å². The molecule has 1 atom stereocenters. The first kappa shape index (κ1) is 12.2. The number of rotatable bonds is 3. The van der Waals surface area contributed by atoms with Crippen LogP contribution in [0.2, 0.25) is 0 Å². The summed E-state index contributed by atoms with van der Waals surface area (Å²) in [5.74, 6) is -0.597. The van der Waals surface area contributed by atoms with E-state index in [2.05, 4.69) is 0 Å². The van der Waals surface area contributed by atoms with Crippen molar-refractivity contribution in [3.05, 3.63) is 24.3 Å². The van der Waals surface area contributed by atoms with Gasteiger partial charge < -0.3 is 5.73 Å². The smallest absolute Gasteiger partial charge is 0.363 e. The molecule has 0 aromatic heterocycles. The Morgan fingerprint density at radius 2 is 1.94 bits per heavy atom. The van der Waals surface area contributed by atoms with Crippen LogP contribution in [0.5, 0.6) is 0 Å². The van der Waals surface area contributed by atoms with Gasteiger partial charge in [0.2, 0.25) is 5.91 Å². The summed E-state index contributed by atoms with van der Waals surface area (Å²) < 4.78 is 31.1. The van der Waals surface area contributed by atoms with Gasteiger partial charge >= 0.3 is 10.3 Å². The molecule has 6 nitrogen and oxygen atoms in total. The topological polar surface area (TPSA) is 101 Å². The van der Waals surface area contributed by atoms with E-state index in [4.69, 9.17) is 10.3 Å². The van der Waals surface area contributed by atoms with Gasteiger partial charge in [-0.05, 0) is 24.3 Å². The average molecular weight is 274 g/mol. The van der Waals surface area contributed by atoms with Gasteiger partial charge in [0.1, 0.15) is 5.37 Å². The zero-order valence-electron chi connectivity index (χ0n) is 8.61. The number of β-lactam (4-membered cyclic amide) rings is 1. The molecule has 92 valence electrons. The second kappa shape index (κ2) is 4.21. The third-order valence-electron chi connectivity index (χ3n) is 2.26. The molecule has 1 aliphatic rings. The van der Waals surface area contributed by atoms with Crippen molar-refractivity contribution in [2.75, 3.05) is 5.73 Å². The van der Waals surface area contributed by atoms with Crippen molar-refractivity contribution in [3.63, 3.8) is 0 Å². The molecule has 1 aromatic carbocycles. The highest BCUT2D eigenvalue weighted by atomic mass is 32.2. The molecule has 0 spiro atoms. The van der Waals surface area contributed by atoms with Gasteiger partial charge in [-0.3, -0.25) is 9.35 Å². The number of nitrogens with zero attached hydrogens (tertiary/aromatic N) is 1. The molecule has 0 radical (unpaired) electrons. The van der Waals surface area contributed by atoms with Crippen LogP contribution in [0, 0.1) is 0 Å². The predicted molar refractivity (Wildman–Crippen MR) is 63.5 cm³/mol. The molecule has 1 amide bonds. The van der Waals surface area contributed by atoms with Crippen LogP contribution in [0.25, 0.3) is 0 Å². The van der Waals surface area contributed by atoms with Crippen LogP contribution in [0.3, 0.4) is 0 Å². The van der Waals surface area contributed by atoms with Gasteiger partial charge in [-0.1, -0.05) is 11.8 Å². The second-order valence-electron chi connectivity index (χ2n) is 3.51. The standard InChI is InChI=1S/C9H10N2O4S2/c10-6-1-3-7(4-2-6)16-9-5-8(12)11(9)17(13,14)15/h1-4,9H,5,10H2,(H,13,14,15). The average Bonchev–Trinajstić information content (AvgIpc) is 2.17. The fourth-order valence-corrected chi connectivity index (χ4v) is 3.65. The number of anilines is 1. The molecular weight excluding hydrogens is 264 g/mol. The van der Waals surface area contributed by atoms with Crippen LogP contribution < -0.4 is 5.73 Å². The van der Waals surface area contributed by atoms with Gasteiger partial charge in [0, 0.05) is 10.6 Å². The maximum atomic E-state index is 11.1. The zero-order valence-corrected chi connectivity index (χ0v) is 10.2. The molecule has 0 aliphatic carbocycles. The maximum absolute atomic E-state index is 11.1. The Morgan fingerprint density at radius 1 is 1.35 bits per heavy atom. The Bertz CT molecular complexity index is 541. The molecule has 3 N–H and O–H groups in total. The third-order valence-corrected chi connectivity index (χ3v) is 4.54. The van der Waals surface area contributed by atoms with E-state index in [0.29, 0.717) is 9.99 Å². The lowest BCUT2D eigenvalue weighted by Crippen LogP contribution is -2.53. The lowest BCUT2D eigenvalue weighted by molar-refractivity contribution is -0.134. The van der Waals surface area contributed by atoms with Gasteiger partial charge in [-0.2, -0.15) is 8.42 Å². The first-order valence-corrected chi connectivity index (χ1v) is 6.97. The minimum absolute atomic E-state index is 0.0921. The highest BCUT2D eigenvalue weighted by molar-refractivity contribution is 8.00. The van der Waals surface area contributed by atoms with Gasteiger partial charge in [0.05, 0.1) is 6.42 Å². The summed E-state index contributed by atoms with van der Waals surface area (Å²) in [4.78, 5) is 11.9. The Hall–Kier alpha value is -1.25. The number of nitrogens with two attached hydrogens (primary N) is 1. The molecule has 2 rings (SSSR count). The number of carbonyl (C=O) groups excluding carboxylic acids is 1. The SMILES string of the molecule is Nc1ccc(SC2CC(=O)N2S(=O)(=O)O)cc1. The Kier molecular flexibility index (Phi) is 3.02. The minimum atomic E-state index is -4.45. The summed E-state index contributed by atoms with van der Waals surface area (Å²) >= 11 is 1.19. The maximum Gasteiger partial charge on any atom is 0.363 e. The molecule has 0 saturated carbocycles. The number of hydrogen-bond acceptors (Lipinski definition) is 5. The zero-order chi connectivity index (χ0) is 12.6. The number of carbonyl (C=O) groups is 1. The largest absolute Gasteiger partial charge is 0.399 e. The second-order valence-corrected chi connectivity index (χ2v) is 6.05. The summed E-state index contributed by atoms with van der Waals surface area (Å²) in [6.45, 7) is 0. The lowest BCUT2D eigenvalue weighted by atomic mass is 10.3. The number of nitrogen functional groups attached to an aromatic ring is 1. The van der Waals surface area contributed by atoms with E-state index in [1.807, 2.05) is 0 Å². The van der Waals surface area contributed by atoms with Crippen molar-refractivity contribution in [2.45, 2.75) is 16.7 Å². The number of amides is 1. The number of hydrogen-bond donors (Lipinski definition) is 2. The van der Waals surface area contributed by atoms with E-state index in [1.54, 1.807) is 24.3 Å². The van der Waals surface area contributed by atoms with Crippen molar-refractivity contribution in [1.82, 2.24) is 4.31 Å². The van der Waals surface area contributed by atoms with Gasteiger partial charge in [0.25, 0.3) is 0 Å². The third kappa shape index (κ3) is 2.54. The minimum Gasteiger partial charge on any atom is -0.399 e. The highest BCUT2D eigenvalue weighted by Crippen LogP contribution is 2.36. The Balaban J connectivity index is 2.11. The quantitative estimate of drug-likeness (QED) is 0.478. The molecule has 8 heteroatoms. The normalized spacial score (nSPS) is 20.2. The van der Waals surface area contributed by atoms with E-state index in [9.17, 15) is 13.2 Å². The van der Waals surface area contributed by atoms with E-state index in [-0.39, 0.29) is 6.42 Å². The van der Waals surface area contributed by atoms with E-state index >= 15 is 0 Å². The first-order valence-electron chi connectivity index (χ1n) is 4.70. The molecular formula is C9H10N2O4S2. The number of benzene rings is 1. The van der Waals surface area contributed by atoms with E-state index in [0.717, 1.165) is 4.90 Å². The summed E-state index contributed by atoms with van der Waals surface area (Å²) in [6, 6.07) is 6.82. The molecule has 1 aromatic rings. The summed E-state index contributed by atoms with van der Waals surface area (Å²) in [5, 5.41) is -0.582. The molecule has 1 aliphatic heterocycles. The molecule has 0 bridgehead atoms. The molecule has 1 fully saturated rings. The van der Waals surface area contributed by atoms with Crippen LogP contribution in [-0.2, 0) is 15.1 Å². The van der Waals surface area contributed by atoms with Gasteiger partial charge in [-0.15, -0.1) is 0 Å². The van der Waals surface area contributed by atoms with Crippen molar-refractivity contribution in [3.8, 4) is 0 Å². The van der Waals surface area contributed by atoms with Crippen molar-refractivity contribution in [2.24, 2.45) is 0 Å². The van der Waals surface area contributed by atoms with Crippen molar-refractivity contribution in [1.29, 1.82) is 0 Å². The van der Waals surface area contributed by atoms with Crippen molar-refractivity contribution >= 4 is 33.7 Å². The molecule has 1 saturated heterocycles. The van der Waals surface area contributed by atoms with Crippen LogP contribution in [0.15, 0.2) is 29.2 Å². The van der Waals surface area contributed by atoms with Crippen LogP contribution in [0.1, 0.15) is 6.42 Å². The van der Waals surface area contributed by atoms with E-state index in [1.165, 1.54) is 11.8 Å². The molecule has 17 heavy (non-hydrogen) atoms. The Labute approximate surface area is 103 Å². The molecule has 1 unspecified atom stereocenters. The lowest BCUT2D eigenvalue weighted by Gasteiger charge is -2.36. The fourth-order valence-electron chi connectivity index (χ4n) is 1.44. The molecule has 1 heterocycles. The fraction of sp³-hybridized carbons (Fsp3) is 0.222.